The van der Waals surface area contributed by atoms with Gasteiger partial charge in [-0.2, -0.15) is 0 Å². The topological polar surface area (TPSA) is 55.1 Å². The monoisotopic (exact) mass is 371 g/mol. The van der Waals surface area contributed by atoms with Gasteiger partial charge in [0.15, 0.2) is 0 Å². The van der Waals surface area contributed by atoms with Crippen LogP contribution in [0.15, 0.2) is 54.6 Å². The van der Waals surface area contributed by atoms with Gasteiger partial charge in [0.1, 0.15) is 12.4 Å². The SMILES string of the molecule is Cc1c(Cc2ccc3ccccc3n2)c2cc(F)ccc2n1CC(=O)O.[Na]. The van der Waals surface area contributed by atoms with Crippen LogP contribution in [-0.2, 0) is 17.8 Å². The van der Waals surface area contributed by atoms with Crippen molar-refractivity contribution >= 4 is 57.3 Å². The molecule has 0 unspecified atom stereocenters. The van der Waals surface area contributed by atoms with E-state index in [1.54, 1.807) is 10.6 Å². The molecule has 0 aliphatic heterocycles. The summed E-state index contributed by atoms with van der Waals surface area (Å²) < 4.78 is 15.5. The maximum Gasteiger partial charge on any atom is 0.323 e. The van der Waals surface area contributed by atoms with Crippen LogP contribution in [0.4, 0.5) is 4.39 Å². The number of carboxylic acid groups (broad SMARTS) is 1. The Morgan fingerprint density at radius 2 is 1.93 bits per heavy atom. The number of nitrogens with zero attached hydrogens (tertiary/aromatic N) is 2. The van der Waals surface area contributed by atoms with Crippen molar-refractivity contribution < 1.29 is 14.3 Å². The Balaban J connectivity index is 0.00000210. The van der Waals surface area contributed by atoms with Gasteiger partial charge < -0.3 is 9.67 Å². The molecule has 0 aliphatic rings. The second kappa shape index (κ2) is 7.80. The molecule has 0 bridgehead atoms. The number of rotatable bonds is 4. The minimum atomic E-state index is -0.926. The first-order chi connectivity index (χ1) is 12.5. The van der Waals surface area contributed by atoms with Crippen molar-refractivity contribution in [3.05, 3.63) is 77.4 Å². The molecule has 4 aromatic rings. The number of carbonyl (C=O) groups is 1. The second-order valence-electron chi connectivity index (χ2n) is 6.38. The van der Waals surface area contributed by atoms with Gasteiger partial charge in [0.05, 0.1) is 5.52 Å². The first-order valence-electron chi connectivity index (χ1n) is 8.36. The fourth-order valence-electron chi connectivity index (χ4n) is 3.47. The van der Waals surface area contributed by atoms with Crippen LogP contribution in [0, 0.1) is 12.7 Å². The van der Waals surface area contributed by atoms with E-state index in [0.29, 0.717) is 6.42 Å². The van der Waals surface area contributed by atoms with Gasteiger partial charge in [-0.3, -0.25) is 9.78 Å². The van der Waals surface area contributed by atoms with Crippen molar-refractivity contribution in [2.24, 2.45) is 0 Å². The van der Waals surface area contributed by atoms with E-state index in [9.17, 15) is 14.3 Å². The van der Waals surface area contributed by atoms with Gasteiger partial charge in [0.2, 0.25) is 0 Å². The number of hydrogen-bond donors (Lipinski definition) is 1. The number of aliphatic carboxylic acids is 1. The molecule has 131 valence electrons. The maximum atomic E-state index is 13.8. The number of para-hydroxylation sites is 1. The Kier molecular flexibility index (Phi) is 5.65. The van der Waals surface area contributed by atoms with Crippen molar-refractivity contribution in [3.63, 3.8) is 0 Å². The predicted octanol–water partition coefficient (Wildman–Crippen LogP) is 3.93. The van der Waals surface area contributed by atoms with Gasteiger partial charge in [0, 0.05) is 63.7 Å². The van der Waals surface area contributed by atoms with Crippen LogP contribution >= 0.6 is 0 Å². The third-order valence-electron chi connectivity index (χ3n) is 4.72. The summed E-state index contributed by atoms with van der Waals surface area (Å²) in [4.78, 5) is 15.9. The number of pyridine rings is 1. The van der Waals surface area contributed by atoms with Gasteiger partial charge >= 0.3 is 5.97 Å². The third-order valence-corrected chi connectivity index (χ3v) is 4.72. The Hall–Kier alpha value is -2.21. The number of hydrogen-bond acceptors (Lipinski definition) is 2. The van der Waals surface area contributed by atoms with Gasteiger partial charge in [-0.05, 0) is 42.8 Å². The van der Waals surface area contributed by atoms with Crippen molar-refractivity contribution in [1.82, 2.24) is 9.55 Å². The molecule has 1 N–H and O–H groups in total. The minimum absolute atomic E-state index is 0. The van der Waals surface area contributed by atoms with Gasteiger partial charge in [-0.1, -0.05) is 24.3 Å². The molecule has 4 nitrogen and oxygen atoms in total. The average Bonchev–Trinajstić information content (AvgIpc) is 2.86. The van der Waals surface area contributed by atoms with Crippen LogP contribution in [-0.4, -0.2) is 50.2 Å². The Bertz CT molecular complexity index is 1150. The summed E-state index contributed by atoms with van der Waals surface area (Å²) in [6.07, 6.45) is 0.517. The molecule has 0 saturated heterocycles. The number of aromatic nitrogens is 2. The van der Waals surface area contributed by atoms with Gasteiger partial charge in [0.25, 0.3) is 0 Å². The Labute approximate surface area is 177 Å². The number of benzene rings is 2. The summed E-state index contributed by atoms with van der Waals surface area (Å²) in [5.74, 6) is -1.26. The van der Waals surface area contributed by atoms with Crippen molar-refractivity contribution in [2.45, 2.75) is 19.9 Å². The fraction of sp³-hybridized carbons (Fsp3) is 0.143. The molecular weight excluding hydrogens is 354 g/mol. The summed E-state index contributed by atoms with van der Waals surface area (Å²) in [7, 11) is 0. The Morgan fingerprint density at radius 3 is 2.70 bits per heavy atom. The van der Waals surface area contributed by atoms with E-state index in [1.165, 1.54) is 12.1 Å². The van der Waals surface area contributed by atoms with E-state index < -0.39 is 5.97 Å². The molecule has 2 aromatic carbocycles. The first kappa shape index (κ1) is 19.5. The number of carboxylic acids is 1. The zero-order chi connectivity index (χ0) is 18.3. The zero-order valence-electron chi connectivity index (χ0n) is 15.2. The van der Waals surface area contributed by atoms with E-state index in [-0.39, 0.29) is 41.9 Å². The number of fused-ring (bicyclic) bond motifs is 2. The molecule has 4 rings (SSSR count). The summed E-state index contributed by atoms with van der Waals surface area (Å²) in [5.41, 5.74) is 4.22. The molecule has 0 aliphatic carbocycles. The third kappa shape index (κ3) is 3.76. The Morgan fingerprint density at radius 1 is 1.15 bits per heavy atom. The van der Waals surface area contributed by atoms with Crippen LogP contribution in [0.25, 0.3) is 21.8 Å². The average molecular weight is 371 g/mol. The van der Waals surface area contributed by atoms with E-state index in [2.05, 4.69) is 0 Å². The fourth-order valence-corrected chi connectivity index (χ4v) is 3.47. The first-order valence-corrected chi connectivity index (χ1v) is 8.36. The molecule has 2 heterocycles. The van der Waals surface area contributed by atoms with Crippen molar-refractivity contribution in [1.29, 1.82) is 0 Å². The second-order valence-corrected chi connectivity index (χ2v) is 6.38. The molecule has 6 heteroatoms. The van der Waals surface area contributed by atoms with Crippen LogP contribution in [0.3, 0.4) is 0 Å². The molecule has 0 fully saturated rings. The number of halogens is 1. The van der Waals surface area contributed by atoms with E-state index in [1.807, 2.05) is 43.3 Å². The van der Waals surface area contributed by atoms with Crippen molar-refractivity contribution in [3.8, 4) is 0 Å². The van der Waals surface area contributed by atoms with Gasteiger partial charge in [-0.25, -0.2) is 4.39 Å². The molecule has 27 heavy (non-hydrogen) atoms. The van der Waals surface area contributed by atoms with Gasteiger partial charge in [-0.15, -0.1) is 0 Å². The summed E-state index contributed by atoms with van der Waals surface area (Å²) in [6.45, 7) is 1.72. The molecule has 2 aromatic heterocycles. The zero-order valence-corrected chi connectivity index (χ0v) is 17.2. The summed E-state index contributed by atoms with van der Waals surface area (Å²) in [5, 5.41) is 11.0. The molecule has 0 saturated carbocycles. The van der Waals surface area contributed by atoms with Crippen LogP contribution < -0.4 is 0 Å². The molecule has 0 atom stereocenters. The molecule has 1 radical (unpaired) electrons. The van der Waals surface area contributed by atoms with Crippen LogP contribution in [0.2, 0.25) is 0 Å². The smallest absolute Gasteiger partial charge is 0.323 e. The normalized spacial score (nSPS) is 10.9. The van der Waals surface area contributed by atoms with Crippen LogP contribution in [0.1, 0.15) is 17.0 Å². The van der Waals surface area contributed by atoms with E-state index in [0.717, 1.165) is 38.8 Å². The van der Waals surface area contributed by atoms with E-state index >= 15 is 0 Å². The predicted molar refractivity (Wildman–Crippen MR) is 105 cm³/mol. The van der Waals surface area contributed by atoms with Crippen molar-refractivity contribution in [2.75, 3.05) is 0 Å². The largest absolute Gasteiger partial charge is 0.480 e. The minimum Gasteiger partial charge on any atom is -0.480 e. The molecular formula is C21H17FN2NaO2. The molecule has 0 spiro atoms. The van der Waals surface area contributed by atoms with Crippen LogP contribution in [0.5, 0.6) is 0 Å². The maximum absolute atomic E-state index is 13.8. The summed E-state index contributed by atoms with van der Waals surface area (Å²) >= 11 is 0. The standard InChI is InChI=1S/C21H17FN2O2.Na/c1-13-17(11-16-8-6-14-4-2-3-5-19(14)23-16)18-10-15(22)7-9-20(18)24(13)12-21(25)26;/h2-10H,11-12H2,1H3,(H,25,26);. The van der Waals surface area contributed by atoms with E-state index in [4.69, 9.17) is 4.98 Å². The molecule has 0 amide bonds. The summed E-state index contributed by atoms with van der Waals surface area (Å²) in [6, 6.07) is 16.3. The quantitative estimate of drug-likeness (QED) is 0.553.